The molecule has 0 bridgehead atoms. The second kappa shape index (κ2) is 8.13. The zero-order chi connectivity index (χ0) is 17.6. The standard InChI is InChI=1S/C18H23N3O.C2H6/c1-3-13(11-20-4-2)15-7-5-6-14-8-9-18(10-16(14)15)12-22-17(19)21-18;1-2/h4-7,11H,3,8-10,12H2,1-2H3,(H2,19,21);1-2H3/b13-11+,20-4?;. The molecule has 2 aliphatic rings. The van der Waals surface area contributed by atoms with E-state index in [1.54, 1.807) is 0 Å². The maximum absolute atomic E-state index is 5.75. The number of rotatable bonds is 3. The maximum Gasteiger partial charge on any atom is 0.282 e. The van der Waals surface area contributed by atoms with Crippen molar-refractivity contribution in [1.82, 2.24) is 0 Å². The number of benzene rings is 1. The lowest BCUT2D eigenvalue weighted by molar-refractivity contribution is 0.235. The molecule has 1 unspecified atom stereocenters. The van der Waals surface area contributed by atoms with Crippen LogP contribution >= 0.6 is 0 Å². The molecule has 0 fully saturated rings. The molecule has 1 aromatic rings. The Bertz CT molecular complexity index is 661. The van der Waals surface area contributed by atoms with Gasteiger partial charge in [-0.1, -0.05) is 39.0 Å². The summed E-state index contributed by atoms with van der Waals surface area (Å²) >= 11 is 0. The van der Waals surface area contributed by atoms with Gasteiger partial charge in [0.2, 0.25) is 0 Å². The highest BCUT2D eigenvalue weighted by molar-refractivity contribution is 5.75. The molecule has 0 amide bonds. The van der Waals surface area contributed by atoms with E-state index in [4.69, 9.17) is 10.5 Å². The van der Waals surface area contributed by atoms with Gasteiger partial charge in [0, 0.05) is 18.8 Å². The zero-order valence-corrected chi connectivity index (χ0v) is 15.3. The first-order valence-corrected chi connectivity index (χ1v) is 8.93. The van der Waals surface area contributed by atoms with E-state index in [-0.39, 0.29) is 5.54 Å². The summed E-state index contributed by atoms with van der Waals surface area (Å²) < 4.78 is 5.44. The largest absolute Gasteiger partial charge is 0.463 e. The van der Waals surface area contributed by atoms with Crippen LogP contribution in [0.2, 0.25) is 0 Å². The van der Waals surface area contributed by atoms with Crippen LogP contribution in [0.3, 0.4) is 0 Å². The summed E-state index contributed by atoms with van der Waals surface area (Å²) in [7, 11) is 0. The van der Waals surface area contributed by atoms with Crippen LogP contribution in [-0.4, -0.2) is 24.4 Å². The Morgan fingerprint density at radius 3 is 2.83 bits per heavy atom. The lowest BCUT2D eigenvalue weighted by Gasteiger charge is -2.32. The molecule has 1 aliphatic heterocycles. The van der Waals surface area contributed by atoms with E-state index in [0.29, 0.717) is 12.6 Å². The quantitative estimate of drug-likeness (QED) is 0.849. The van der Waals surface area contributed by atoms with Crippen molar-refractivity contribution in [2.45, 2.75) is 58.9 Å². The van der Waals surface area contributed by atoms with E-state index in [9.17, 15) is 0 Å². The third kappa shape index (κ3) is 3.69. The molecule has 1 atom stereocenters. The Morgan fingerprint density at radius 2 is 2.21 bits per heavy atom. The summed E-state index contributed by atoms with van der Waals surface area (Å²) in [4.78, 5) is 8.90. The van der Waals surface area contributed by atoms with Crippen molar-refractivity contribution in [3.63, 3.8) is 0 Å². The predicted octanol–water partition coefficient (Wildman–Crippen LogP) is 4.13. The van der Waals surface area contributed by atoms with Gasteiger partial charge in [0.05, 0.1) is 0 Å². The average molecular weight is 327 g/mol. The lowest BCUT2D eigenvalue weighted by atomic mass is 9.76. The molecule has 0 radical (unpaired) electrons. The topological polar surface area (TPSA) is 60.0 Å². The number of hydrogen-bond acceptors (Lipinski definition) is 4. The number of amidine groups is 1. The molecule has 130 valence electrons. The molecule has 1 aromatic carbocycles. The van der Waals surface area contributed by atoms with Gasteiger partial charge in [-0.2, -0.15) is 0 Å². The van der Waals surface area contributed by atoms with Gasteiger partial charge in [-0.25, -0.2) is 4.99 Å². The SMILES string of the molecule is CC.CC=N/C=C(\CC)c1cccc2c1CC1(CC2)COC(N)=N1. The second-order valence-corrected chi connectivity index (χ2v) is 6.00. The second-order valence-electron chi connectivity index (χ2n) is 6.00. The van der Waals surface area contributed by atoms with Gasteiger partial charge in [-0.15, -0.1) is 0 Å². The van der Waals surface area contributed by atoms with Crippen molar-refractivity contribution >= 4 is 17.8 Å². The highest BCUT2D eigenvalue weighted by Crippen LogP contribution is 2.38. The number of nitrogens with two attached hydrogens (primary N) is 1. The average Bonchev–Trinajstić information content (AvgIpc) is 2.97. The predicted molar refractivity (Wildman–Crippen MR) is 103 cm³/mol. The Morgan fingerprint density at radius 1 is 1.42 bits per heavy atom. The summed E-state index contributed by atoms with van der Waals surface area (Å²) in [5, 5.41) is 0. The van der Waals surface area contributed by atoms with Gasteiger partial charge in [0.25, 0.3) is 6.02 Å². The monoisotopic (exact) mass is 327 g/mol. The fourth-order valence-corrected chi connectivity index (χ4v) is 3.40. The van der Waals surface area contributed by atoms with Crippen LogP contribution in [0.4, 0.5) is 0 Å². The fraction of sp³-hybridized carbons (Fsp3) is 0.500. The molecular weight excluding hydrogens is 298 g/mol. The Hall–Kier alpha value is -2.10. The molecule has 1 aliphatic carbocycles. The molecule has 1 heterocycles. The Kier molecular flexibility index (Phi) is 6.18. The van der Waals surface area contributed by atoms with E-state index in [0.717, 1.165) is 25.7 Å². The van der Waals surface area contributed by atoms with E-state index in [1.807, 2.05) is 33.2 Å². The van der Waals surface area contributed by atoms with E-state index in [2.05, 4.69) is 35.1 Å². The fourth-order valence-electron chi connectivity index (χ4n) is 3.40. The number of aliphatic imine (C=N–C) groups is 2. The Balaban J connectivity index is 0.00000100. The first kappa shape index (κ1) is 18.2. The minimum absolute atomic E-state index is 0.167. The number of nitrogens with zero attached hydrogens (tertiary/aromatic N) is 2. The van der Waals surface area contributed by atoms with Crippen LogP contribution in [-0.2, 0) is 17.6 Å². The molecule has 3 rings (SSSR count). The van der Waals surface area contributed by atoms with Crippen molar-refractivity contribution in [1.29, 1.82) is 0 Å². The third-order valence-corrected chi connectivity index (χ3v) is 4.58. The smallest absolute Gasteiger partial charge is 0.282 e. The van der Waals surface area contributed by atoms with Gasteiger partial charge in [-0.05, 0) is 48.4 Å². The van der Waals surface area contributed by atoms with Crippen molar-refractivity contribution in [3.05, 3.63) is 41.1 Å². The van der Waals surface area contributed by atoms with Gasteiger partial charge in [0.15, 0.2) is 0 Å². The van der Waals surface area contributed by atoms with Crippen molar-refractivity contribution in [3.8, 4) is 0 Å². The van der Waals surface area contributed by atoms with Crippen LogP contribution in [0.1, 0.15) is 57.2 Å². The molecule has 4 nitrogen and oxygen atoms in total. The van der Waals surface area contributed by atoms with Gasteiger partial charge >= 0.3 is 0 Å². The van der Waals surface area contributed by atoms with Gasteiger partial charge < -0.3 is 10.5 Å². The van der Waals surface area contributed by atoms with E-state index >= 15 is 0 Å². The molecule has 0 saturated carbocycles. The van der Waals surface area contributed by atoms with Gasteiger partial charge in [-0.3, -0.25) is 4.99 Å². The third-order valence-electron chi connectivity index (χ3n) is 4.58. The number of hydrogen-bond donors (Lipinski definition) is 1. The van der Waals surface area contributed by atoms with Crippen LogP contribution in [0.5, 0.6) is 0 Å². The number of aryl methyl sites for hydroxylation is 1. The van der Waals surface area contributed by atoms with Gasteiger partial charge in [0.1, 0.15) is 12.1 Å². The Labute approximate surface area is 145 Å². The number of allylic oxidation sites excluding steroid dienone is 1. The van der Waals surface area contributed by atoms with Crippen molar-refractivity contribution in [2.75, 3.05) is 6.61 Å². The van der Waals surface area contributed by atoms with Crippen molar-refractivity contribution < 1.29 is 4.74 Å². The normalized spacial score (nSPS) is 22.7. The minimum atomic E-state index is -0.167. The summed E-state index contributed by atoms with van der Waals surface area (Å²) in [6.45, 7) is 8.71. The van der Waals surface area contributed by atoms with E-state index in [1.165, 1.54) is 22.3 Å². The molecule has 2 N–H and O–H groups in total. The number of fused-ring (bicyclic) bond motifs is 1. The zero-order valence-electron chi connectivity index (χ0n) is 15.3. The van der Waals surface area contributed by atoms with Crippen LogP contribution in [0, 0.1) is 0 Å². The molecule has 24 heavy (non-hydrogen) atoms. The van der Waals surface area contributed by atoms with E-state index < -0.39 is 0 Å². The summed E-state index contributed by atoms with van der Waals surface area (Å²) in [5.41, 5.74) is 10.9. The summed E-state index contributed by atoms with van der Waals surface area (Å²) in [5.74, 6) is 0. The molecule has 1 spiro atoms. The number of ether oxygens (including phenoxy) is 1. The highest BCUT2D eigenvalue weighted by Gasteiger charge is 2.40. The summed E-state index contributed by atoms with van der Waals surface area (Å²) in [6.07, 6.45) is 7.68. The van der Waals surface area contributed by atoms with Crippen molar-refractivity contribution in [2.24, 2.45) is 15.7 Å². The lowest BCUT2D eigenvalue weighted by Crippen LogP contribution is -2.36. The molecular formula is C20H29N3O. The molecule has 4 heteroatoms. The van der Waals surface area contributed by atoms with Crippen LogP contribution in [0.25, 0.3) is 5.57 Å². The van der Waals surface area contributed by atoms with Crippen LogP contribution < -0.4 is 5.73 Å². The maximum atomic E-state index is 5.75. The molecule has 0 saturated heterocycles. The van der Waals surface area contributed by atoms with Crippen LogP contribution in [0.15, 0.2) is 34.4 Å². The molecule has 0 aromatic heterocycles. The first-order chi connectivity index (χ1) is 11.7. The minimum Gasteiger partial charge on any atom is -0.463 e. The summed E-state index contributed by atoms with van der Waals surface area (Å²) in [6, 6.07) is 6.91. The first-order valence-electron chi connectivity index (χ1n) is 8.93. The highest BCUT2D eigenvalue weighted by atomic mass is 16.5.